The fourth-order valence-corrected chi connectivity index (χ4v) is 0.782. The first kappa shape index (κ1) is 10.9. The Bertz CT molecular complexity index is 163. The van der Waals surface area contributed by atoms with E-state index in [0.29, 0.717) is 12.8 Å². The van der Waals surface area contributed by atoms with E-state index in [0.717, 1.165) is 19.5 Å². The van der Waals surface area contributed by atoms with Gasteiger partial charge >= 0.3 is 5.97 Å². The number of carboxylic acid groups (broad SMARTS) is 1. The molecule has 0 radical (unpaired) electrons. The number of carbonyl (C=O) groups is 1. The van der Waals surface area contributed by atoms with Crippen molar-refractivity contribution in [2.24, 2.45) is 0 Å². The van der Waals surface area contributed by atoms with Crippen molar-refractivity contribution in [3.8, 4) is 6.07 Å². The van der Waals surface area contributed by atoms with Crippen molar-refractivity contribution < 1.29 is 9.90 Å². The summed E-state index contributed by atoms with van der Waals surface area (Å²) in [6, 6.07) is 2.04. The molecule has 68 valence electrons. The quantitative estimate of drug-likeness (QED) is 0.553. The molecule has 4 nitrogen and oxygen atoms in total. The van der Waals surface area contributed by atoms with Gasteiger partial charge in [0.15, 0.2) is 0 Å². The van der Waals surface area contributed by atoms with Gasteiger partial charge in [0.1, 0.15) is 0 Å². The van der Waals surface area contributed by atoms with Gasteiger partial charge in [0, 0.05) is 12.8 Å². The van der Waals surface area contributed by atoms with Gasteiger partial charge in [0.05, 0.1) is 6.07 Å². The Morgan fingerprint density at radius 1 is 1.42 bits per heavy atom. The topological polar surface area (TPSA) is 73.1 Å². The average molecular weight is 170 g/mol. The summed E-state index contributed by atoms with van der Waals surface area (Å²) in [7, 11) is 0. The summed E-state index contributed by atoms with van der Waals surface area (Å²) >= 11 is 0. The summed E-state index contributed by atoms with van der Waals surface area (Å²) in [5.41, 5.74) is 0. The van der Waals surface area contributed by atoms with E-state index in [9.17, 15) is 4.79 Å². The molecule has 0 heterocycles. The zero-order valence-corrected chi connectivity index (χ0v) is 7.05. The SMILES string of the molecule is N#CCCCNCCCC(=O)O. The van der Waals surface area contributed by atoms with E-state index >= 15 is 0 Å². The predicted molar refractivity (Wildman–Crippen MR) is 44.6 cm³/mol. The van der Waals surface area contributed by atoms with Gasteiger partial charge in [0.25, 0.3) is 0 Å². The van der Waals surface area contributed by atoms with Gasteiger partial charge in [-0.2, -0.15) is 5.26 Å². The van der Waals surface area contributed by atoms with Crippen LogP contribution in [0, 0.1) is 11.3 Å². The standard InChI is InChI=1S/C8H14N2O2/c9-5-1-2-6-10-7-3-4-8(11)12/h10H,1-4,6-7H2,(H,11,12). The molecular formula is C8H14N2O2. The maximum atomic E-state index is 10.1. The molecule has 0 amide bonds. The van der Waals surface area contributed by atoms with Crippen LogP contribution in [0.1, 0.15) is 25.7 Å². The van der Waals surface area contributed by atoms with Crippen LogP contribution in [0.2, 0.25) is 0 Å². The Morgan fingerprint density at radius 2 is 2.08 bits per heavy atom. The van der Waals surface area contributed by atoms with Gasteiger partial charge in [-0.1, -0.05) is 0 Å². The van der Waals surface area contributed by atoms with Crippen LogP contribution in [0.4, 0.5) is 0 Å². The number of nitriles is 1. The monoisotopic (exact) mass is 170 g/mol. The van der Waals surface area contributed by atoms with Crippen LogP contribution in [-0.2, 0) is 4.79 Å². The first-order valence-corrected chi connectivity index (χ1v) is 4.07. The van der Waals surface area contributed by atoms with Crippen molar-refractivity contribution in [3.05, 3.63) is 0 Å². The van der Waals surface area contributed by atoms with E-state index in [-0.39, 0.29) is 6.42 Å². The molecule has 12 heavy (non-hydrogen) atoms. The van der Waals surface area contributed by atoms with Crippen molar-refractivity contribution in [3.63, 3.8) is 0 Å². The minimum Gasteiger partial charge on any atom is -0.481 e. The van der Waals surface area contributed by atoms with Gasteiger partial charge in [-0.25, -0.2) is 0 Å². The Kier molecular flexibility index (Phi) is 7.30. The second-order valence-electron chi connectivity index (χ2n) is 2.51. The second-order valence-corrected chi connectivity index (χ2v) is 2.51. The highest BCUT2D eigenvalue weighted by Gasteiger charge is 1.94. The van der Waals surface area contributed by atoms with Gasteiger partial charge < -0.3 is 10.4 Å². The highest BCUT2D eigenvalue weighted by atomic mass is 16.4. The van der Waals surface area contributed by atoms with Crippen LogP contribution in [0.5, 0.6) is 0 Å². The third-order valence-corrected chi connectivity index (χ3v) is 1.39. The van der Waals surface area contributed by atoms with Crippen molar-refractivity contribution in [2.75, 3.05) is 13.1 Å². The summed E-state index contributed by atoms with van der Waals surface area (Å²) in [6.07, 6.45) is 2.27. The maximum absolute atomic E-state index is 10.1. The zero-order valence-electron chi connectivity index (χ0n) is 7.05. The lowest BCUT2D eigenvalue weighted by molar-refractivity contribution is -0.137. The highest BCUT2D eigenvalue weighted by molar-refractivity contribution is 5.66. The average Bonchev–Trinajstić information content (AvgIpc) is 2.02. The van der Waals surface area contributed by atoms with Crippen LogP contribution in [0.25, 0.3) is 0 Å². The summed E-state index contributed by atoms with van der Waals surface area (Å²) < 4.78 is 0. The summed E-state index contributed by atoms with van der Waals surface area (Å²) in [5, 5.41) is 19.5. The van der Waals surface area contributed by atoms with E-state index in [2.05, 4.69) is 5.32 Å². The number of unbranched alkanes of at least 4 members (excludes halogenated alkanes) is 1. The van der Waals surface area contributed by atoms with Crippen LogP contribution in [-0.4, -0.2) is 24.2 Å². The molecule has 0 aliphatic heterocycles. The minimum absolute atomic E-state index is 0.214. The van der Waals surface area contributed by atoms with E-state index in [1.165, 1.54) is 0 Å². The van der Waals surface area contributed by atoms with Crippen LogP contribution in [0.15, 0.2) is 0 Å². The van der Waals surface area contributed by atoms with Crippen molar-refractivity contribution in [2.45, 2.75) is 25.7 Å². The lowest BCUT2D eigenvalue weighted by Gasteiger charge is -2.00. The van der Waals surface area contributed by atoms with E-state index in [1.807, 2.05) is 6.07 Å². The highest BCUT2D eigenvalue weighted by Crippen LogP contribution is 1.87. The third-order valence-electron chi connectivity index (χ3n) is 1.39. The lowest BCUT2D eigenvalue weighted by Crippen LogP contribution is -2.17. The molecule has 0 saturated carbocycles. The Hall–Kier alpha value is -1.08. The van der Waals surface area contributed by atoms with Gasteiger partial charge in [-0.05, 0) is 25.9 Å². The lowest BCUT2D eigenvalue weighted by atomic mass is 10.3. The Balaban J connectivity index is 2.92. The molecule has 0 atom stereocenters. The molecule has 0 aromatic carbocycles. The Labute approximate surface area is 72.2 Å². The molecule has 0 bridgehead atoms. The van der Waals surface area contributed by atoms with E-state index < -0.39 is 5.97 Å². The van der Waals surface area contributed by atoms with Crippen molar-refractivity contribution in [1.29, 1.82) is 5.26 Å². The smallest absolute Gasteiger partial charge is 0.303 e. The second kappa shape index (κ2) is 8.02. The number of nitrogens with zero attached hydrogens (tertiary/aromatic N) is 1. The largest absolute Gasteiger partial charge is 0.481 e. The third kappa shape index (κ3) is 8.92. The number of hydrogen-bond donors (Lipinski definition) is 2. The number of carboxylic acids is 1. The van der Waals surface area contributed by atoms with E-state index in [1.54, 1.807) is 0 Å². The maximum Gasteiger partial charge on any atom is 0.303 e. The number of rotatable bonds is 7. The van der Waals surface area contributed by atoms with Crippen LogP contribution < -0.4 is 5.32 Å². The normalized spacial score (nSPS) is 9.25. The molecule has 4 heteroatoms. The predicted octanol–water partition coefficient (Wildman–Crippen LogP) is 0.745. The molecule has 0 saturated heterocycles. The van der Waals surface area contributed by atoms with Gasteiger partial charge in [-0.3, -0.25) is 4.79 Å². The first-order valence-electron chi connectivity index (χ1n) is 4.07. The first-order chi connectivity index (χ1) is 5.77. The van der Waals surface area contributed by atoms with Gasteiger partial charge in [-0.15, -0.1) is 0 Å². The summed E-state index contributed by atoms with van der Waals surface area (Å²) in [4.78, 5) is 10.1. The molecule has 0 aliphatic rings. The van der Waals surface area contributed by atoms with Crippen LogP contribution >= 0.6 is 0 Å². The summed E-state index contributed by atoms with van der Waals surface area (Å²) in [6.45, 7) is 1.52. The molecule has 0 aliphatic carbocycles. The fourth-order valence-electron chi connectivity index (χ4n) is 0.782. The van der Waals surface area contributed by atoms with Crippen molar-refractivity contribution >= 4 is 5.97 Å². The minimum atomic E-state index is -0.756. The molecule has 0 aromatic heterocycles. The molecule has 0 spiro atoms. The van der Waals surface area contributed by atoms with E-state index in [4.69, 9.17) is 10.4 Å². The summed E-state index contributed by atoms with van der Waals surface area (Å²) in [5.74, 6) is -0.756. The molecule has 2 N–H and O–H groups in total. The number of nitrogens with one attached hydrogen (secondary N) is 1. The molecular weight excluding hydrogens is 156 g/mol. The molecule has 0 rings (SSSR count). The molecule has 0 fully saturated rings. The number of hydrogen-bond acceptors (Lipinski definition) is 3. The molecule has 0 aromatic rings. The number of aliphatic carboxylic acids is 1. The van der Waals surface area contributed by atoms with Crippen molar-refractivity contribution in [1.82, 2.24) is 5.32 Å². The Morgan fingerprint density at radius 3 is 2.67 bits per heavy atom. The fraction of sp³-hybridized carbons (Fsp3) is 0.750. The van der Waals surface area contributed by atoms with Crippen LogP contribution in [0.3, 0.4) is 0 Å². The van der Waals surface area contributed by atoms with Gasteiger partial charge in [0.2, 0.25) is 0 Å². The molecule has 0 unspecified atom stereocenters. The zero-order chi connectivity index (χ0) is 9.23.